The van der Waals surface area contributed by atoms with Crippen molar-refractivity contribution in [3.05, 3.63) is 22.6 Å². The van der Waals surface area contributed by atoms with E-state index >= 15 is 0 Å². The summed E-state index contributed by atoms with van der Waals surface area (Å²) in [4.78, 5) is 12.2. The van der Waals surface area contributed by atoms with Crippen molar-refractivity contribution in [1.82, 2.24) is 5.32 Å². The van der Waals surface area contributed by atoms with E-state index in [1.165, 1.54) is 0 Å². The van der Waals surface area contributed by atoms with E-state index in [4.69, 9.17) is 16.0 Å². The molecule has 0 bridgehead atoms. The Labute approximate surface area is 113 Å². The number of furan rings is 1. The second kappa shape index (κ2) is 5.35. The highest BCUT2D eigenvalue weighted by Gasteiger charge is 2.24. The molecule has 3 nitrogen and oxygen atoms in total. The number of rotatable bonds is 2. The van der Waals surface area contributed by atoms with E-state index in [1.807, 2.05) is 20.8 Å². The van der Waals surface area contributed by atoms with E-state index in [0.717, 1.165) is 37.0 Å². The predicted octanol–water partition coefficient (Wildman–Crippen LogP) is 3.48. The third-order valence-electron chi connectivity index (χ3n) is 3.78. The van der Waals surface area contributed by atoms with Crippen LogP contribution in [0.25, 0.3) is 0 Å². The van der Waals surface area contributed by atoms with Gasteiger partial charge >= 0.3 is 0 Å². The number of carbonyl (C=O) groups is 1. The maximum atomic E-state index is 12.2. The highest BCUT2D eigenvalue weighted by Crippen LogP contribution is 2.24. The Morgan fingerprint density at radius 2 is 1.78 bits per heavy atom. The van der Waals surface area contributed by atoms with Crippen LogP contribution >= 0.6 is 11.6 Å². The summed E-state index contributed by atoms with van der Waals surface area (Å²) in [5, 5.41) is 3.37. The zero-order chi connectivity index (χ0) is 13.3. The molecule has 0 radical (unpaired) electrons. The molecule has 18 heavy (non-hydrogen) atoms. The molecule has 0 unspecified atom stereocenters. The van der Waals surface area contributed by atoms with Crippen molar-refractivity contribution in [3.8, 4) is 0 Å². The molecule has 4 heteroatoms. The first-order chi connectivity index (χ1) is 8.49. The van der Waals surface area contributed by atoms with Crippen LogP contribution in [0.3, 0.4) is 0 Å². The summed E-state index contributed by atoms with van der Waals surface area (Å²) in [5.41, 5.74) is 1.64. The van der Waals surface area contributed by atoms with Crippen molar-refractivity contribution >= 4 is 17.5 Å². The van der Waals surface area contributed by atoms with Crippen LogP contribution in [0.1, 0.15) is 53.1 Å². The lowest BCUT2D eigenvalue weighted by molar-refractivity contribution is 0.0926. The lowest BCUT2D eigenvalue weighted by Crippen LogP contribution is -2.38. The monoisotopic (exact) mass is 269 g/mol. The number of carbonyl (C=O) groups excluding carboxylic acids is 1. The van der Waals surface area contributed by atoms with Crippen molar-refractivity contribution in [3.63, 3.8) is 0 Å². The molecule has 1 saturated carbocycles. The molecule has 2 rings (SSSR count). The smallest absolute Gasteiger partial charge is 0.255 e. The molecular formula is C14H20ClNO2. The van der Waals surface area contributed by atoms with Crippen molar-refractivity contribution < 1.29 is 9.21 Å². The van der Waals surface area contributed by atoms with Crippen LogP contribution in [0, 0.1) is 20.8 Å². The van der Waals surface area contributed by atoms with E-state index in [-0.39, 0.29) is 17.3 Å². The Morgan fingerprint density at radius 1 is 1.17 bits per heavy atom. The zero-order valence-electron chi connectivity index (χ0n) is 11.2. The topological polar surface area (TPSA) is 42.2 Å². The van der Waals surface area contributed by atoms with Crippen LogP contribution < -0.4 is 5.32 Å². The van der Waals surface area contributed by atoms with Gasteiger partial charge in [0, 0.05) is 17.0 Å². The average Bonchev–Trinajstić information content (AvgIpc) is 2.56. The Balaban J connectivity index is 2.04. The van der Waals surface area contributed by atoms with Crippen LogP contribution in [-0.4, -0.2) is 17.3 Å². The van der Waals surface area contributed by atoms with Crippen molar-refractivity contribution in [2.75, 3.05) is 0 Å². The van der Waals surface area contributed by atoms with Gasteiger partial charge < -0.3 is 9.73 Å². The van der Waals surface area contributed by atoms with Gasteiger partial charge in [0.05, 0.1) is 5.56 Å². The highest BCUT2D eigenvalue weighted by atomic mass is 35.5. The van der Waals surface area contributed by atoms with Gasteiger partial charge in [0.1, 0.15) is 11.5 Å². The molecule has 1 aliphatic carbocycles. The van der Waals surface area contributed by atoms with Crippen LogP contribution in [-0.2, 0) is 0 Å². The molecule has 100 valence electrons. The average molecular weight is 270 g/mol. The molecule has 0 aromatic carbocycles. The van der Waals surface area contributed by atoms with E-state index in [2.05, 4.69) is 5.32 Å². The number of hydrogen-bond donors (Lipinski definition) is 1. The number of nitrogens with one attached hydrogen (secondary N) is 1. The van der Waals surface area contributed by atoms with Crippen LogP contribution in [0.5, 0.6) is 0 Å². The van der Waals surface area contributed by atoms with Crippen molar-refractivity contribution in [2.24, 2.45) is 0 Å². The maximum Gasteiger partial charge on any atom is 0.255 e. The predicted molar refractivity (Wildman–Crippen MR) is 72.3 cm³/mol. The maximum absolute atomic E-state index is 12.2. The molecule has 1 N–H and O–H groups in total. The second-order valence-electron chi connectivity index (χ2n) is 5.14. The van der Waals surface area contributed by atoms with Gasteiger partial charge in [0.2, 0.25) is 0 Å². The molecule has 1 aliphatic rings. The first-order valence-electron chi connectivity index (χ1n) is 6.50. The normalized spacial score (nSPS) is 24.0. The van der Waals surface area contributed by atoms with Crippen molar-refractivity contribution in [2.45, 2.75) is 57.9 Å². The van der Waals surface area contributed by atoms with E-state index < -0.39 is 0 Å². The second-order valence-corrected chi connectivity index (χ2v) is 5.75. The van der Waals surface area contributed by atoms with E-state index in [0.29, 0.717) is 11.3 Å². The largest absolute Gasteiger partial charge is 0.466 e. The molecule has 1 heterocycles. The van der Waals surface area contributed by atoms with E-state index in [9.17, 15) is 4.79 Å². The first-order valence-corrected chi connectivity index (χ1v) is 6.94. The molecule has 0 aliphatic heterocycles. The summed E-state index contributed by atoms with van der Waals surface area (Å²) in [6.07, 6.45) is 3.90. The number of halogens is 1. The highest BCUT2D eigenvalue weighted by molar-refractivity contribution is 6.20. The molecule has 1 aromatic heterocycles. The molecular weight excluding hydrogens is 250 g/mol. The molecule has 0 atom stereocenters. The Bertz CT molecular complexity index is 445. The van der Waals surface area contributed by atoms with Crippen LogP contribution in [0.4, 0.5) is 0 Å². The van der Waals surface area contributed by atoms with Gasteiger partial charge in [0.15, 0.2) is 0 Å². The van der Waals surface area contributed by atoms with Gasteiger partial charge in [-0.2, -0.15) is 0 Å². The molecule has 1 amide bonds. The third kappa shape index (κ3) is 2.72. The summed E-state index contributed by atoms with van der Waals surface area (Å²) < 4.78 is 5.49. The van der Waals surface area contributed by atoms with Gasteiger partial charge in [-0.15, -0.1) is 11.6 Å². The standard InChI is InChI=1S/C14H20ClNO2/c1-8-9(2)18-10(3)13(8)14(17)16-12-6-4-11(15)5-7-12/h11-12H,4-7H2,1-3H3,(H,16,17). The molecule has 0 saturated heterocycles. The molecule has 1 aromatic rings. The summed E-state index contributed by atoms with van der Waals surface area (Å²) in [6, 6.07) is 0.251. The van der Waals surface area contributed by atoms with E-state index in [1.54, 1.807) is 0 Å². The Hall–Kier alpha value is -0.960. The van der Waals surface area contributed by atoms with Crippen LogP contribution in [0.2, 0.25) is 0 Å². The van der Waals surface area contributed by atoms with Gasteiger partial charge in [-0.1, -0.05) is 0 Å². The fourth-order valence-corrected chi connectivity index (χ4v) is 2.83. The minimum Gasteiger partial charge on any atom is -0.466 e. The minimum absolute atomic E-state index is 0.0140. The molecule has 1 fully saturated rings. The SMILES string of the molecule is Cc1oc(C)c(C(=O)NC2CCC(Cl)CC2)c1C. The van der Waals surface area contributed by atoms with Gasteiger partial charge in [-0.3, -0.25) is 4.79 Å². The quantitative estimate of drug-likeness (QED) is 0.835. The van der Waals surface area contributed by atoms with Gasteiger partial charge in [0.25, 0.3) is 5.91 Å². The fraction of sp³-hybridized carbons (Fsp3) is 0.643. The minimum atomic E-state index is -0.0140. The summed E-state index contributed by atoms with van der Waals surface area (Å²) in [6.45, 7) is 5.65. The van der Waals surface area contributed by atoms with Gasteiger partial charge in [-0.25, -0.2) is 0 Å². The number of amides is 1. The zero-order valence-corrected chi connectivity index (χ0v) is 11.9. The van der Waals surface area contributed by atoms with Crippen LogP contribution in [0.15, 0.2) is 4.42 Å². The summed E-state index contributed by atoms with van der Waals surface area (Å²) in [7, 11) is 0. The number of aryl methyl sites for hydroxylation is 2. The van der Waals surface area contributed by atoms with Crippen molar-refractivity contribution in [1.29, 1.82) is 0 Å². The summed E-state index contributed by atoms with van der Waals surface area (Å²) >= 11 is 6.06. The first kappa shape index (κ1) is 13.5. The lowest BCUT2D eigenvalue weighted by atomic mass is 9.94. The Morgan fingerprint density at radius 3 is 2.28 bits per heavy atom. The fourth-order valence-electron chi connectivity index (χ4n) is 2.58. The summed E-state index contributed by atoms with van der Waals surface area (Å²) in [5.74, 6) is 1.51. The molecule has 0 spiro atoms. The third-order valence-corrected chi connectivity index (χ3v) is 4.22. The lowest BCUT2D eigenvalue weighted by Gasteiger charge is -2.25. The van der Waals surface area contributed by atoms with Gasteiger partial charge in [-0.05, 0) is 46.5 Å². The Kier molecular flexibility index (Phi) is 4.00. The number of alkyl halides is 1. The number of hydrogen-bond acceptors (Lipinski definition) is 2.